The van der Waals surface area contributed by atoms with Crippen LogP contribution in [0.1, 0.15) is 42.7 Å². The Bertz CT molecular complexity index is 1000. The highest BCUT2D eigenvalue weighted by Crippen LogP contribution is 2.38. The van der Waals surface area contributed by atoms with E-state index in [-0.39, 0.29) is 30.2 Å². The lowest BCUT2D eigenvalue weighted by Gasteiger charge is -2.44. The van der Waals surface area contributed by atoms with Gasteiger partial charge in [-0.3, -0.25) is 24.3 Å². The molecule has 1 atom stereocenters. The minimum Gasteiger partial charge on any atom is -0.354 e. The second kappa shape index (κ2) is 10.3. The van der Waals surface area contributed by atoms with E-state index in [0.717, 1.165) is 5.69 Å². The fourth-order valence-electron chi connectivity index (χ4n) is 4.71. The fourth-order valence-corrected chi connectivity index (χ4v) is 4.71. The van der Waals surface area contributed by atoms with Gasteiger partial charge in [0.25, 0.3) is 5.91 Å². The topological polar surface area (TPSA) is 91.8 Å². The highest BCUT2D eigenvalue weighted by Gasteiger charge is 2.54. The third kappa shape index (κ3) is 4.97. The van der Waals surface area contributed by atoms with E-state index >= 15 is 0 Å². The predicted octanol–water partition coefficient (Wildman–Crippen LogP) is 2.26. The van der Waals surface area contributed by atoms with Crippen LogP contribution in [0.5, 0.6) is 0 Å². The van der Waals surface area contributed by atoms with Gasteiger partial charge in [0, 0.05) is 62.3 Å². The molecule has 0 radical (unpaired) electrons. The van der Waals surface area contributed by atoms with E-state index in [1.807, 2.05) is 55.1 Å². The molecular weight excluding hydrogens is 432 g/mol. The molecule has 1 spiro atoms. The molecule has 3 heterocycles. The van der Waals surface area contributed by atoms with Crippen molar-refractivity contribution in [2.24, 2.45) is 5.92 Å². The van der Waals surface area contributed by atoms with E-state index in [2.05, 4.69) is 10.3 Å². The first-order valence-electron chi connectivity index (χ1n) is 11.9. The lowest BCUT2D eigenvalue weighted by Crippen LogP contribution is -2.60. The van der Waals surface area contributed by atoms with Gasteiger partial charge in [-0.25, -0.2) is 0 Å². The lowest BCUT2D eigenvalue weighted by atomic mass is 9.95. The first kappa shape index (κ1) is 23.9. The summed E-state index contributed by atoms with van der Waals surface area (Å²) in [5.41, 5.74) is 0.504. The number of nitrogens with one attached hydrogen (secondary N) is 1. The van der Waals surface area contributed by atoms with Gasteiger partial charge in [0.2, 0.25) is 11.8 Å². The number of carbonyl (C=O) groups is 3. The van der Waals surface area contributed by atoms with Gasteiger partial charge in [-0.1, -0.05) is 38.1 Å². The Balaban J connectivity index is 1.50. The molecule has 1 aromatic heterocycles. The van der Waals surface area contributed by atoms with Crippen molar-refractivity contribution in [2.75, 3.05) is 26.2 Å². The zero-order valence-electron chi connectivity index (χ0n) is 19.8. The number of rotatable bonds is 6. The maximum absolute atomic E-state index is 13.6. The van der Waals surface area contributed by atoms with Crippen LogP contribution >= 0.6 is 0 Å². The standard InChI is InChI=1S/C26H32N4O4/c1-19(2)24(32)29-16-12-26(13-17-29)30(25(33)20-8-4-3-5-9-20)22(18-34-26)23(31)28-15-11-21-10-6-7-14-27-21/h3-10,14,19,22H,11-13,15-18H2,1-2H3,(H,28,31). The van der Waals surface area contributed by atoms with E-state index in [1.165, 1.54) is 0 Å². The van der Waals surface area contributed by atoms with Crippen molar-refractivity contribution in [3.05, 3.63) is 66.0 Å². The van der Waals surface area contributed by atoms with E-state index in [0.29, 0.717) is 44.5 Å². The van der Waals surface area contributed by atoms with Crippen LogP contribution in [0.15, 0.2) is 54.7 Å². The molecule has 0 saturated carbocycles. The Morgan fingerprint density at radius 1 is 1.09 bits per heavy atom. The quantitative estimate of drug-likeness (QED) is 0.708. The molecule has 2 saturated heterocycles. The third-order valence-corrected chi connectivity index (χ3v) is 6.56. The summed E-state index contributed by atoms with van der Waals surface area (Å²) >= 11 is 0. The first-order valence-corrected chi connectivity index (χ1v) is 11.9. The Kier molecular flexibility index (Phi) is 7.26. The Morgan fingerprint density at radius 3 is 2.44 bits per heavy atom. The van der Waals surface area contributed by atoms with Crippen LogP contribution in [0, 0.1) is 5.92 Å². The van der Waals surface area contributed by atoms with Gasteiger partial charge in [-0.05, 0) is 24.3 Å². The molecule has 3 amide bonds. The van der Waals surface area contributed by atoms with Gasteiger partial charge in [0.05, 0.1) is 6.61 Å². The molecule has 1 unspecified atom stereocenters. The summed E-state index contributed by atoms with van der Waals surface area (Å²) in [5.74, 6) is -0.458. The van der Waals surface area contributed by atoms with Crippen molar-refractivity contribution in [3.8, 4) is 0 Å². The van der Waals surface area contributed by atoms with Crippen LogP contribution in [0.3, 0.4) is 0 Å². The summed E-state index contributed by atoms with van der Waals surface area (Å²) in [7, 11) is 0. The van der Waals surface area contributed by atoms with E-state index in [1.54, 1.807) is 23.2 Å². The number of amides is 3. The lowest BCUT2D eigenvalue weighted by molar-refractivity contribution is -0.146. The molecular formula is C26H32N4O4. The zero-order chi connectivity index (χ0) is 24.1. The number of piperidine rings is 1. The number of hydrogen-bond donors (Lipinski definition) is 1. The average Bonchev–Trinajstić information content (AvgIpc) is 3.23. The molecule has 1 aromatic carbocycles. The summed E-state index contributed by atoms with van der Waals surface area (Å²) in [6.07, 6.45) is 3.27. The molecule has 0 bridgehead atoms. The van der Waals surface area contributed by atoms with Gasteiger partial charge in [-0.15, -0.1) is 0 Å². The molecule has 2 aromatic rings. The second-order valence-electron chi connectivity index (χ2n) is 9.16. The molecule has 4 rings (SSSR count). The third-order valence-electron chi connectivity index (χ3n) is 6.56. The summed E-state index contributed by atoms with van der Waals surface area (Å²) < 4.78 is 6.22. The summed E-state index contributed by atoms with van der Waals surface area (Å²) in [6, 6.07) is 13.9. The predicted molar refractivity (Wildman–Crippen MR) is 127 cm³/mol. The van der Waals surface area contributed by atoms with Gasteiger partial charge >= 0.3 is 0 Å². The molecule has 2 aliphatic heterocycles. The normalized spacial score (nSPS) is 19.4. The number of hydrogen-bond acceptors (Lipinski definition) is 5. The van der Waals surface area contributed by atoms with Crippen LogP contribution in [0.2, 0.25) is 0 Å². The van der Waals surface area contributed by atoms with Crippen LogP contribution in [0.25, 0.3) is 0 Å². The van der Waals surface area contributed by atoms with Crippen molar-refractivity contribution in [3.63, 3.8) is 0 Å². The zero-order valence-corrected chi connectivity index (χ0v) is 19.8. The largest absolute Gasteiger partial charge is 0.354 e. The van der Waals surface area contributed by atoms with Crippen molar-refractivity contribution in [1.82, 2.24) is 20.1 Å². The number of nitrogens with zero attached hydrogens (tertiary/aromatic N) is 3. The Labute approximate surface area is 200 Å². The van der Waals surface area contributed by atoms with E-state index in [9.17, 15) is 14.4 Å². The molecule has 34 heavy (non-hydrogen) atoms. The van der Waals surface area contributed by atoms with E-state index < -0.39 is 11.8 Å². The fraction of sp³-hybridized carbons (Fsp3) is 0.462. The monoisotopic (exact) mass is 464 g/mol. The maximum atomic E-state index is 13.6. The van der Waals surface area contributed by atoms with E-state index in [4.69, 9.17) is 4.74 Å². The molecule has 2 fully saturated rings. The Hall–Kier alpha value is -3.26. The van der Waals surface area contributed by atoms with Crippen LogP contribution < -0.4 is 5.32 Å². The molecule has 8 nitrogen and oxygen atoms in total. The molecule has 1 N–H and O–H groups in total. The number of likely N-dealkylation sites (tertiary alicyclic amines) is 1. The molecule has 2 aliphatic rings. The van der Waals surface area contributed by atoms with Crippen molar-refractivity contribution < 1.29 is 19.1 Å². The molecule has 0 aliphatic carbocycles. The van der Waals surface area contributed by atoms with Crippen LogP contribution in [-0.4, -0.2) is 70.5 Å². The van der Waals surface area contributed by atoms with Crippen LogP contribution in [0.4, 0.5) is 0 Å². The molecule has 180 valence electrons. The smallest absolute Gasteiger partial charge is 0.256 e. The number of aromatic nitrogens is 1. The first-order chi connectivity index (χ1) is 16.4. The van der Waals surface area contributed by atoms with Crippen molar-refractivity contribution >= 4 is 17.7 Å². The van der Waals surface area contributed by atoms with Crippen LogP contribution in [-0.2, 0) is 20.7 Å². The molecule has 8 heteroatoms. The number of carbonyl (C=O) groups excluding carboxylic acids is 3. The number of ether oxygens (including phenoxy) is 1. The van der Waals surface area contributed by atoms with Gasteiger partial charge in [-0.2, -0.15) is 0 Å². The Morgan fingerprint density at radius 2 is 1.79 bits per heavy atom. The minimum absolute atomic E-state index is 0.0850. The maximum Gasteiger partial charge on any atom is 0.256 e. The average molecular weight is 465 g/mol. The number of pyridine rings is 1. The second-order valence-corrected chi connectivity index (χ2v) is 9.16. The highest BCUT2D eigenvalue weighted by atomic mass is 16.5. The van der Waals surface area contributed by atoms with Crippen molar-refractivity contribution in [1.29, 1.82) is 0 Å². The summed E-state index contributed by atoms with van der Waals surface area (Å²) in [5, 5.41) is 2.96. The summed E-state index contributed by atoms with van der Waals surface area (Å²) in [4.78, 5) is 47.0. The number of benzene rings is 1. The minimum atomic E-state index is -0.899. The summed E-state index contributed by atoms with van der Waals surface area (Å²) in [6.45, 7) is 5.30. The highest BCUT2D eigenvalue weighted by molar-refractivity contribution is 5.98. The SMILES string of the molecule is CC(C)C(=O)N1CCC2(CC1)OCC(C(=O)NCCc1ccccn1)N2C(=O)c1ccccc1. The van der Waals surface area contributed by atoms with Gasteiger partial charge < -0.3 is 15.0 Å². The van der Waals surface area contributed by atoms with Gasteiger partial charge in [0.15, 0.2) is 0 Å². The van der Waals surface area contributed by atoms with Crippen molar-refractivity contribution in [2.45, 2.75) is 44.9 Å². The van der Waals surface area contributed by atoms with Gasteiger partial charge in [0.1, 0.15) is 11.8 Å².